The molecule has 0 bridgehead atoms. The summed E-state index contributed by atoms with van der Waals surface area (Å²) in [6.07, 6.45) is 2.47. The van der Waals surface area contributed by atoms with E-state index in [0.29, 0.717) is 6.54 Å². The maximum atomic E-state index is 11.4. The van der Waals surface area contributed by atoms with Crippen LogP contribution in [0.3, 0.4) is 0 Å². The van der Waals surface area contributed by atoms with Gasteiger partial charge < -0.3 is 10.2 Å². The highest BCUT2D eigenvalue weighted by atomic mass is 35.5. The van der Waals surface area contributed by atoms with Crippen LogP contribution in [0.25, 0.3) is 0 Å². The average molecular weight is 302 g/mol. The quantitative estimate of drug-likeness (QED) is 0.792. The summed E-state index contributed by atoms with van der Waals surface area (Å²) in [6.45, 7) is 2.85. The van der Waals surface area contributed by atoms with Gasteiger partial charge in [0.25, 0.3) is 0 Å². The van der Waals surface area contributed by atoms with Crippen LogP contribution < -0.4 is 10.2 Å². The van der Waals surface area contributed by atoms with Gasteiger partial charge in [0, 0.05) is 23.4 Å². The Morgan fingerprint density at radius 3 is 2.63 bits per heavy atom. The standard InChI is InChI=1S/C14H18Cl2N2O/c15-9-14(19)17-10-13(18-7-3-4-8-18)11-5-1-2-6-12(11)16/h1-2,5-6,13H,3-4,7-10H2,(H,17,19)/p+1/t13-/m0/s1. The van der Waals surface area contributed by atoms with Gasteiger partial charge in [0.15, 0.2) is 0 Å². The number of halogens is 2. The zero-order valence-corrected chi connectivity index (χ0v) is 12.3. The Balaban J connectivity index is 2.14. The third-order valence-electron chi connectivity index (χ3n) is 3.64. The largest absolute Gasteiger partial charge is 0.349 e. The van der Waals surface area contributed by atoms with Crippen LogP contribution in [0.2, 0.25) is 5.02 Å². The zero-order chi connectivity index (χ0) is 13.7. The predicted molar refractivity (Wildman–Crippen MR) is 77.9 cm³/mol. The van der Waals surface area contributed by atoms with Crippen LogP contribution in [0.15, 0.2) is 24.3 Å². The molecule has 2 rings (SSSR count). The molecule has 1 amide bonds. The number of carbonyl (C=O) groups excluding carboxylic acids is 1. The second-order valence-electron chi connectivity index (χ2n) is 4.88. The lowest BCUT2D eigenvalue weighted by Gasteiger charge is -2.25. The number of hydrogen-bond acceptors (Lipinski definition) is 1. The molecule has 0 radical (unpaired) electrons. The van der Waals surface area contributed by atoms with Crippen molar-refractivity contribution >= 4 is 29.1 Å². The maximum absolute atomic E-state index is 11.4. The summed E-state index contributed by atoms with van der Waals surface area (Å²) in [5.74, 6) is -0.123. The van der Waals surface area contributed by atoms with Crippen molar-refractivity contribution in [2.45, 2.75) is 18.9 Å². The summed E-state index contributed by atoms with van der Waals surface area (Å²) in [5.41, 5.74) is 1.11. The number of carbonyl (C=O) groups is 1. The highest BCUT2D eigenvalue weighted by Gasteiger charge is 2.28. The summed E-state index contributed by atoms with van der Waals surface area (Å²) in [5, 5.41) is 3.66. The molecule has 2 N–H and O–H groups in total. The van der Waals surface area contributed by atoms with Crippen LogP contribution in [0.4, 0.5) is 0 Å². The first-order chi connectivity index (χ1) is 9.22. The molecule has 104 valence electrons. The third kappa shape index (κ3) is 3.85. The van der Waals surface area contributed by atoms with Crippen LogP contribution in [0, 0.1) is 0 Å². The van der Waals surface area contributed by atoms with Crippen molar-refractivity contribution in [1.29, 1.82) is 0 Å². The Hall–Kier alpha value is -0.770. The molecule has 5 heteroatoms. The molecule has 0 saturated carbocycles. The van der Waals surface area contributed by atoms with E-state index in [1.54, 1.807) is 0 Å². The molecule has 1 aromatic carbocycles. The predicted octanol–water partition coefficient (Wildman–Crippen LogP) is 1.41. The molecular formula is C14H19Cl2N2O+. The molecule has 0 aliphatic carbocycles. The topological polar surface area (TPSA) is 33.5 Å². The van der Waals surface area contributed by atoms with Gasteiger partial charge in [0.1, 0.15) is 11.9 Å². The van der Waals surface area contributed by atoms with Crippen LogP contribution in [-0.2, 0) is 4.79 Å². The number of rotatable bonds is 5. The van der Waals surface area contributed by atoms with Gasteiger partial charge in [0.2, 0.25) is 5.91 Å². The number of hydrogen-bond donors (Lipinski definition) is 2. The van der Waals surface area contributed by atoms with Crippen molar-refractivity contribution in [3.8, 4) is 0 Å². The number of alkyl halides is 1. The SMILES string of the molecule is O=C(CCl)NC[C@@H](c1ccccc1Cl)[NH+]1CCCC1. The van der Waals surface area contributed by atoms with Gasteiger partial charge in [-0.25, -0.2) is 0 Å². The Kier molecular flexibility index (Phi) is 5.49. The number of quaternary nitrogens is 1. The Bertz CT molecular complexity index is 433. The lowest BCUT2D eigenvalue weighted by Crippen LogP contribution is -3.11. The monoisotopic (exact) mass is 301 g/mol. The number of benzene rings is 1. The third-order valence-corrected chi connectivity index (χ3v) is 4.23. The molecule has 0 unspecified atom stereocenters. The Morgan fingerprint density at radius 2 is 2.00 bits per heavy atom. The van der Waals surface area contributed by atoms with Gasteiger partial charge in [-0.15, -0.1) is 11.6 Å². The molecule has 1 aliphatic rings. The normalized spacial score (nSPS) is 17.4. The van der Waals surface area contributed by atoms with E-state index in [-0.39, 0.29) is 17.8 Å². The van der Waals surface area contributed by atoms with E-state index in [9.17, 15) is 4.79 Å². The van der Waals surface area contributed by atoms with Crippen molar-refractivity contribution in [2.24, 2.45) is 0 Å². The molecule has 1 heterocycles. The number of likely N-dealkylation sites (tertiary alicyclic amines) is 1. The second kappa shape index (κ2) is 7.13. The molecule has 19 heavy (non-hydrogen) atoms. The van der Waals surface area contributed by atoms with Crippen molar-refractivity contribution in [3.63, 3.8) is 0 Å². The van der Waals surface area contributed by atoms with Crippen LogP contribution in [-0.4, -0.2) is 31.4 Å². The van der Waals surface area contributed by atoms with E-state index >= 15 is 0 Å². The highest BCUT2D eigenvalue weighted by molar-refractivity contribution is 6.31. The molecule has 1 atom stereocenters. The lowest BCUT2D eigenvalue weighted by atomic mass is 10.1. The van der Waals surface area contributed by atoms with Gasteiger partial charge >= 0.3 is 0 Å². The van der Waals surface area contributed by atoms with Crippen molar-refractivity contribution in [1.82, 2.24) is 5.32 Å². The van der Waals surface area contributed by atoms with E-state index in [4.69, 9.17) is 23.2 Å². The molecule has 1 aromatic rings. The van der Waals surface area contributed by atoms with Gasteiger partial charge in [-0.1, -0.05) is 29.8 Å². The summed E-state index contributed by atoms with van der Waals surface area (Å²) >= 11 is 11.8. The zero-order valence-electron chi connectivity index (χ0n) is 10.8. The van der Waals surface area contributed by atoms with Crippen molar-refractivity contribution in [3.05, 3.63) is 34.9 Å². The minimum atomic E-state index is -0.127. The molecule has 1 aliphatic heterocycles. The van der Waals surface area contributed by atoms with Crippen LogP contribution in [0.5, 0.6) is 0 Å². The second-order valence-corrected chi connectivity index (χ2v) is 5.55. The molecule has 0 aromatic heterocycles. The summed E-state index contributed by atoms with van der Waals surface area (Å²) in [7, 11) is 0. The van der Waals surface area contributed by atoms with Crippen molar-refractivity contribution in [2.75, 3.05) is 25.5 Å². The smallest absolute Gasteiger partial charge is 0.235 e. The first-order valence-corrected chi connectivity index (χ1v) is 7.55. The molecule has 0 spiro atoms. The first kappa shape index (κ1) is 14.6. The molecular weight excluding hydrogens is 283 g/mol. The molecule has 1 saturated heterocycles. The van der Waals surface area contributed by atoms with E-state index in [0.717, 1.165) is 23.7 Å². The van der Waals surface area contributed by atoms with Crippen LogP contribution >= 0.6 is 23.2 Å². The summed E-state index contributed by atoms with van der Waals surface area (Å²) in [6, 6.07) is 8.09. The fraction of sp³-hybridized carbons (Fsp3) is 0.500. The number of nitrogens with one attached hydrogen (secondary N) is 2. The summed E-state index contributed by atoms with van der Waals surface area (Å²) in [4.78, 5) is 12.9. The van der Waals surface area contributed by atoms with Gasteiger partial charge in [-0.05, 0) is 6.07 Å². The molecule has 3 nitrogen and oxygen atoms in total. The number of amides is 1. The van der Waals surface area contributed by atoms with Crippen LogP contribution in [0.1, 0.15) is 24.4 Å². The van der Waals surface area contributed by atoms with Gasteiger partial charge in [0.05, 0.1) is 19.6 Å². The van der Waals surface area contributed by atoms with E-state index in [2.05, 4.69) is 5.32 Å². The minimum Gasteiger partial charge on any atom is -0.349 e. The maximum Gasteiger partial charge on any atom is 0.235 e. The first-order valence-electron chi connectivity index (χ1n) is 6.64. The lowest BCUT2D eigenvalue weighted by molar-refractivity contribution is -0.918. The van der Waals surface area contributed by atoms with E-state index in [1.807, 2.05) is 24.3 Å². The average Bonchev–Trinajstić information content (AvgIpc) is 2.94. The Labute approximate surface area is 123 Å². The Morgan fingerprint density at radius 1 is 1.32 bits per heavy atom. The van der Waals surface area contributed by atoms with Gasteiger partial charge in [-0.2, -0.15) is 0 Å². The minimum absolute atomic E-state index is 0.00454. The highest BCUT2D eigenvalue weighted by Crippen LogP contribution is 2.21. The summed E-state index contributed by atoms with van der Waals surface area (Å²) < 4.78 is 0. The van der Waals surface area contributed by atoms with E-state index in [1.165, 1.54) is 17.7 Å². The fourth-order valence-corrected chi connectivity index (χ4v) is 3.03. The van der Waals surface area contributed by atoms with Crippen molar-refractivity contribution < 1.29 is 9.69 Å². The molecule has 1 fully saturated rings. The van der Waals surface area contributed by atoms with Gasteiger partial charge in [-0.3, -0.25) is 4.79 Å². The van der Waals surface area contributed by atoms with E-state index < -0.39 is 0 Å². The fourth-order valence-electron chi connectivity index (χ4n) is 2.67.